The van der Waals surface area contributed by atoms with Crippen LogP contribution in [0.2, 0.25) is 0 Å². The van der Waals surface area contributed by atoms with Crippen molar-refractivity contribution in [2.75, 3.05) is 6.54 Å². The number of rotatable bonds is 8. The SMILES string of the molecule is CCCNC(CCc1ccccc1C)Cc1cccs1. The van der Waals surface area contributed by atoms with Gasteiger partial charge in [0.2, 0.25) is 0 Å². The highest BCUT2D eigenvalue weighted by molar-refractivity contribution is 7.09. The lowest BCUT2D eigenvalue weighted by Crippen LogP contribution is -2.32. The summed E-state index contributed by atoms with van der Waals surface area (Å²) in [4.78, 5) is 1.49. The molecule has 0 saturated carbocycles. The average Bonchev–Trinajstić information content (AvgIpc) is 2.96. The Kier molecular flexibility index (Phi) is 6.28. The van der Waals surface area contributed by atoms with E-state index in [2.05, 4.69) is 60.9 Å². The van der Waals surface area contributed by atoms with E-state index in [4.69, 9.17) is 0 Å². The molecule has 1 heterocycles. The van der Waals surface area contributed by atoms with Gasteiger partial charge in [-0.05, 0) is 61.7 Å². The van der Waals surface area contributed by atoms with Crippen molar-refractivity contribution in [2.45, 2.75) is 45.6 Å². The summed E-state index contributed by atoms with van der Waals surface area (Å²) in [5.74, 6) is 0. The van der Waals surface area contributed by atoms with Crippen LogP contribution < -0.4 is 5.32 Å². The predicted molar refractivity (Wildman–Crippen MR) is 89.6 cm³/mol. The fourth-order valence-electron chi connectivity index (χ4n) is 2.52. The zero-order chi connectivity index (χ0) is 14.2. The lowest BCUT2D eigenvalue weighted by Gasteiger charge is -2.18. The van der Waals surface area contributed by atoms with Crippen LogP contribution in [-0.4, -0.2) is 12.6 Å². The molecule has 0 radical (unpaired) electrons. The highest BCUT2D eigenvalue weighted by atomic mass is 32.1. The maximum atomic E-state index is 3.70. The van der Waals surface area contributed by atoms with Crippen molar-refractivity contribution in [3.63, 3.8) is 0 Å². The summed E-state index contributed by atoms with van der Waals surface area (Å²) in [6.45, 7) is 5.56. The Hall–Kier alpha value is -1.12. The second kappa shape index (κ2) is 8.23. The summed E-state index contributed by atoms with van der Waals surface area (Å²) in [5, 5.41) is 5.88. The van der Waals surface area contributed by atoms with Crippen molar-refractivity contribution in [1.82, 2.24) is 5.32 Å². The molecule has 0 bridgehead atoms. The quantitative estimate of drug-likeness (QED) is 0.748. The smallest absolute Gasteiger partial charge is 0.0118 e. The zero-order valence-corrected chi connectivity index (χ0v) is 13.4. The topological polar surface area (TPSA) is 12.0 Å². The minimum absolute atomic E-state index is 0.591. The van der Waals surface area contributed by atoms with Crippen LogP contribution in [0.3, 0.4) is 0 Å². The first-order valence-electron chi connectivity index (χ1n) is 7.60. The van der Waals surface area contributed by atoms with Crippen LogP contribution in [0.25, 0.3) is 0 Å². The van der Waals surface area contributed by atoms with Gasteiger partial charge >= 0.3 is 0 Å². The number of hydrogen-bond acceptors (Lipinski definition) is 2. The summed E-state index contributed by atoms with van der Waals surface area (Å²) in [6, 6.07) is 13.7. The molecular weight excluding hydrogens is 262 g/mol. The molecule has 0 aliphatic heterocycles. The van der Waals surface area contributed by atoms with E-state index in [9.17, 15) is 0 Å². The van der Waals surface area contributed by atoms with E-state index in [0.717, 1.165) is 13.0 Å². The van der Waals surface area contributed by atoms with Crippen molar-refractivity contribution >= 4 is 11.3 Å². The molecule has 20 heavy (non-hydrogen) atoms. The van der Waals surface area contributed by atoms with Gasteiger partial charge in [-0.25, -0.2) is 0 Å². The highest BCUT2D eigenvalue weighted by Gasteiger charge is 2.10. The van der Waals surface area contributed by atoms with Crippen LogP contribution in [0.1, 0.15) is 35.8 Å². The van der Waals surface area contributed by atoms with Crippen molar-refractivity contribution in [3.8, 4) is 0 Å². The Balaban J connectivity index is 1.91. The third-order valence-corrected chi connectivity index (χ3v) is 4.63. The Labute approximate surface area is 127 Å². The van der Waals surface area contributed by atoms with Crippen molar-refractivity contribution in [1.29, 1.82) is 0 Å². The van der Waals surface area contributed by atoms with E-state index in [1.54, 1.807) is 0 Å². The van der Waals surface area contributed by atoms with Gasteiger partial charge < -0.3 is 5.32 Å². The number of benzene rings is 1. The van der Waals surface area contributed by atoms with Crippen molar-refractivity contribution < 1.29 is 0 Å². The van der Waals surface area contributed by atoms with Crippen LogP contribution in [0.15, 0.2) is 41.8 Å². The second-order valence-electron chi connectivity index (χ2n) is 5.40. The predicted octanol–water partition coefficient (Wildman–Crippen LogP) is 4.60. The molecule has 1 atom stereocenters. The molecule has 0 spiro atoms. The van der Waals surface area contributed by atoms with Crippen LogP contribution in [0.5, 0.6) is 0 Å². The number of hydrogen-bond donors (Lipinski definition) is 1. The fraction of sp³-hybridized carbons (Fsp3) is 0.444. The van der Waals surface area contributed by atoms with E-state index in [1.165, 1.54) is 35.3 Å². The molecule has 0 aliphatic carbocycles. The van der Waals surface area contributed by atoms with Gasteiger partial charge in [-0.15, -0.1) is 11.3 Å². The van der Waals surface area contributed by atoms with E-state index in [0.29, 0.717) is 6.04 Å². The molecule has 1 aromatic carbocycles. The van der Waals surface area contributed by atoms with Gasteiger partial charge in [-0.3, -0.25) is 0 Å². The van der Waals surface area contributed by atoms with Crippen molar-refractivity contribution in [2.24, 2.45) is 0 Å². The molecule has 0 saturated heterocycles. The van der Waals surface area contributed by atoms with Crippen LogP contribution in [0, 0.1) is 6.92 Å². The molecule has 0 fully saturated rings. The largest absolute Gasteiger partial charge is 0.314 e. The summed E-state index contributed by atoms with van der Waals surface area (Å²) in [6.07, 6.45) is 4.73. The standard InChI is InChI=1S/C18H25NS/c1-3-12-19-17(14-18-9-6-13-20-18)11-10-16-8-5-4-7-15(16)2/h4-9,13,17,19H,3,10-12,14H2,1-2H3. The lowest BCUT2D eigenvalue weighted by molar-refractivity contribution is 0.479. The first-order chi connectivity index (χ1) is 9.79. The Bertz CT molecular complexity index is 490. The molecule has 2 heteroatoms. The summed E-state index contributed by atoms with van der Waals surface area (Å²) < 4.78 is 0. The molecule has 0 amide bonds. The zero-order valence-electron chi connectivity index (χ0n) is 12.6. The third-order valence-electron chi connectivity index (χ3n) is 3.73. The fourth-order valence-corrected chi connectivity index (χ4v) is 3.30. The third kappa shape index (κ3) is 4.77. The van der Waals surface area contributed by atoms with Gasteiger partial charge in [0.15, 0.2) is 0 Å². The monoisotopic (exact) mass is 287 g/mol. The maximum Gasteiger partial charge on any atom is 0.0118 e. The minimum Gasteiger partial charge on any atom is -0.314 e. The molecule has 1 aromatic heterocycles. The average molecular weight is 287 g/mol. The van der Waals surface area contributed by atoms with Gasteiger partial charge in [0.05, 0.1) is 0 Å². The summed E-state index contributed by atoms with van der Waals surface area (Å²) in [5.41, 5.74) is 2.90. The number of nitrogens with one attached hydrogen (secondary N) is 1. The minimum atomic E-state index is 0.591. The lowest BCUT2D eigenvalue weighted by atomic mass is 9.99. The van der Waals surface area contributed by atoms with E-state index in [1.807, 2.05) is 11.3 Å². The first-order valence-corrected chi connectivity index (χ1v) is 8.48. The molecule has 2 rings (SSSR count). The molecule has 1 N–H and O–H groups in total. The molecular formula is C18H25NS. The van der Waals surface area contributed by atoms with E-state index < -0.39 is 0 Å². The highest BCUT2D eigenvalue weighted by Crippen LogP contribution is 2.16. The van der Waals surface area contributed by atoms with Gasteiger partial charge in [0, 0.05) is 10.9 Å². The van der Waals surface area contributed by atoms with Crippen LogP contribution in [0.4, 0.5) is 0 Å². The summed E-state index contributed by atoms with van der Waals surface area (Å²) >= 11 is 1.87. The summed E-state index contributed by atoms with van der Waals surface area (Å²) in [7, 11) is 0. The molecule has 1 nitrogen and oxygen atoms in total. The van der Waals surface area contributed by atoms with Gasteiger partial charge in [-0.2, -0.15) is 0 Å². The Morgan fingerprint density at radius 2 is 2.00 bits per heavy atom. The molecule has 0 aliphatic rings. The van der Waals surface area contributed by atoms with E-state index in [-0.39, 0.29) is 0 Å². The van der Waals surface area contributed by atoms with Gasteiger partial charge in [0.1, 0.15) is 0 Å². The van der Waals surface area contributed by atoms with Crippen LogP contribution >= 0.6 is 11.3 Å². The van der Waals surface area contributed by atoms with Gasteiger partial charge in [-0.1, -0.05) is 37.3 Å². The molecule has 1 unspecified atom stereocenters. The Morgan fingerprint density at radius 1 is 1.15 bits per heavy atom. The first kappa shape index (κ1) is 15.3. The normalized spacial score (nSPS) is 12.5. The second-order valence-corrected chi connectivity index (χ2v) is 6.43. The van der Waals surface area contributed by atoms with E-state index >= 15 is 0 Å². The Morgan fingerprint density at radius 3 is 2.70 bits per heavy atom. The number of aryl methyl sites for hydroxylation is 2. The van der Waals surface area contributed by atoms with Crippen LogP contribution in [-0.2, 0) is 12.8 Å². The molecule has 2 aromatic rings. The van der Waals surface area contributed by atoms with Gasteiger partial charge in [0.25, 0.3) is 0 Å². The maximum absolute atomic E-state index is 3.70. The number of thiophene rings is 1. The molecule has 108 valence electrons. The van der Waals surface area contributed by atoms with Crippen molar-refractivity contribution in [3.05, 3.63) is 57.8 Å².